The first-order chi connectivity index (χ1) is 8.24. The van der Waals surface area contributed by atoms with E-state index in [2.05, 4.69) is 14.9 Å². The molecular formula is C12H12LiN3O2. The van der Waals surface area contributed by atoms with Gasteiger partial charge in [0, 0.05) is 24.7 Å². The fourth-order valence-electron chi connectivity index (χ4n) is 1.84. The van der Waals surface area contributed by atoms with Gasteiger partial charge in [-0.2, -0.15) is 0 Å². The second kappa shape index (κ2) is 4.97. The van der Waals surface area contributed by atoms with Gasteiger partial charge in [0.15, 0.2) is 5.65 Å². The van der Waals surface area contributed by atoms with E-state index in [9.17, 15) is 4.79 Å². The predicted molar refractivity (Wildman–Crippen MR) is 70.5 cm³/mol. The van der Waals surface area contributed by atoms with E-state index < -0.39 is 5.97 Å². The number of carboxylic acids is 1. The molecule has 6 heteroatoms. The molecule has 0 unspecified atom stereocenters. The van der Waals surface area contributed by atoms with Crippen molar-refractivity contribution in [3.8, 4) is 0 Å². The summed E-state index contributed by atoms with van der Waals surface area (Å²) in [4.78, 5) is 21.5. The molecular weight excluding hydrogens is 225 g/mol. The van der Waals surface area contributed by atoms with Gasteiger partial charge in [-0.3, -0.25) is 0 Å². The van der Waals surface area contributed by atoms with Gasteiger partial charge in [0.1, 0.15) is 5.82 Å². The maximum atomic E-state index is 10.8. The van der Waals surface area contributed by atoms with Crippen LogP contribution in [-0.2, 0) is 0 Å². The van der Waals surface area contributed by atoms with Crippen LogP contribution in [-0.4, -0.2) is 53.0 Å². The molecule has 2 aromatic heterocycles. The third-order valence-corrected chi connectivity index (χ3v) is 2.95. The van der Waals surface area contributed by atoms with Gasteiger partial charge >= 0.3 is 24.8 Å². The molecule has 0 atom stereocenters. The van der Waals surface area contributed by atoms with Crippen LogP contribution in [0.2, 0.25) is 0 Å². The zero-order valence-electron chi connectivity index (χ0n) is 9.13. The standard InChI is InChI=1S/C12H11N3O2.Li.H/c16-12(17)9-6-8-2-3-10(15-4-1-5-15)14-11(8)13-7-9;;/h2-3,6-7H,1,4-5H2,(H,16,17);;. The molecule has 1 aliphatic heterocycles. The number of aromatic carboxylic acids is 1. The molecule has 0 saturated carbocycles. The molecule has 0 amide bonds. The summed E-state index contributed by atoms with van der Waals surface area (Å²) in [5, 5.41) is 9.62. The fraction of sp³-hybridized carbons (Fsp3) is 0.250. The molecule has 0 aliphatic carbocycles. The maximum absolute atomic E-state index is 10.8. The van der Waals surface area contributed by atoms with Crippen LogP contribution in [0.5, 0.6) is 0 Å². The van der Waals surface area contributed by atoms with Crippen molar-refractivity contribution in [2.75, 3.05) is 18.0 Å². The molecule has 1 fully saturated rings. The number of hydrogen-bond acceptors (Lipinski definition) is 4. The minimum atomic E-state index is -0.966. The summed E-state index contributed by atoms with van der Waals surface area (Å²) in [7, 11) is 0. The van der Waals surface area contributed by atoms with Crippen molar-refractivity contribution in [1.29, 1.82) is 0 Å². The van der Waals surface area contributed by atoms with E-state index in [1.165, 1.54) is 12.6 Å². The van der Waals surface area contributed by atoms with Crippen LogP contribution in [0.4, 0.5) is 5.82 Å². The van der Waals surface area contributed by atoms with Gasteiger partial charge in [-0.25, -0.2) is 14.8 Å². The van der Waals surface area contributed by atoms with E-state index in [1.807, 2.05) is 12.1 Å². The Morgan fingerprint density at radius 2 is 2.11 bits per heavy atom. The van der Waals surface area contributed by atoms with Gasteiger partial charge in [-0.1, -0.05) is 0 Å². The van der Waals surface area contributed by atoms with E-state index >= 15 is 0 Å². The summed E-state index contributed by atoms with van der Waals surface area (Å²) in [5.74, 6) is -0.0504. The van der Waals surface area contributed by atoms with Crippen LogP contribution < -0.4 is 4.90 Å². The molecule has 2 aromatic rings. The summed E-state index contributed by atoms with van der Waals surface area (Å²) in [6, 6.07) is 5.38. The van der Waals surface area contributed by atoms with Gasteiger partial charge in [0.2, 0.25) is 0 Å². The Morgan fingerprint density at radius 3 is 2.72 bits per heavy atom. The number of carboxylic acid groups (broad SMARTS) is 1. The quantitative estimate of drug-likeness (QED) is 0.786. The number of pyridine rings is 2. The second-order valence-corrected chi connectivity index (χ2v) is 4.09. The van der Waals surface area contributed by atoms with Gasteiger partial charge in [-0.15, -0.1) is 0 Å². The predicted octanol–water partition coefficient (Wildman–Crippen LogP) is 0.890. The first-order valence-corrected chi connectivity index (χ1v) is 5.49. The Labute approximate surface area is 116 Å². The second-order valence-electron chi connectivity index (χ2n) is 4.09. The molecule has 3 rings (SSSR count). The first kappa shape index (κ1) is 12.9. The van der Waals surface area contributed by atoms with Crippen molar-refractivity contribution in [3.63, 3.8) is 0 Å². The molecule has 0 aromatic carbocycles. The summed E-state index contributed by atoms with van der Waals surface area (Å²) in [6.45, 7) is 2.07. The molecule has 5 nitrogen and oxygen atoms in total. The van der Waals surface area contributed by atoms with E-state index in [0.29, 0.717) is 5.65 Å². The molecule has 1 saturated heterocycles. The van der Waals surface area contributed by atoms with Crippen LogP contribution >= 0.6 is 0 Å². The van der Waals surface area contributed by atoms with Crippen LogP contribution in [0.25, 0.3) is 11.0 Å². The molecule has 3 heterocycles. The summed E-state index contributed by atoms with van der Waals surface area (Å²) in [6.07, 6.45) is 2.54. The molecule has 1 N–H and O–H groups in total. The number of aromatic nitrogens is 2. The van der Waals surface area contributed by atoms with E-state index in [0.717, 1.165) is 24.3 Å². The van der Waals surface area contributed by atoms with E-state index in [1.54, 1.807) is 6.07 Å². The van der Waals surface area contributed by atoms with Gasteiger partial charge < -0.3 is 10.0 Å². The number of nitrogens with zero attached hydrogens (tertiary/aromatic N) is 3. The van der Waals surface area contributed by atoms with Crippen molar-refractivity contribution in [1.82, 2.24) is 9.97 Å². The Kier molecular flexibility index (Phi) is 3.55. The van der Waals surface area contributed by atoms with Crippen molar-refractivity contribution in [2.24, 2.45) is 0 Å². The summed E-state index contributed by atoms with van der Waals surface area (Å²) in [5.41, 5.74) is 0.787. The molecule has 0 spiro atoms. The number of hydrogen-bond donors (Lipinski definition) is 1. The Bertz CT molecular complexity index is 599. The normalized spacial score (nSPS) is 13.9. The van der Waals surface area contributed by atoms with Gasteiger partial charge in [-0.05, 0) is 24.6 Å². The van der Waals surface area contributed by atoms with Gasteiger partial charge in [0.05, 0.1) is 5.56 Å². The minimum absolute atomic E-state index is 0. The number of fused-ring (bicyclic) bond motifs is 1. The zero-order valence-corrected chi connectivity index (χ0v) is 9.13. The van der Waals surface area contributed by atoms with Crippen molar-refractivity contribution in [2.45, 2.75) is 6.42 Å². The third-order valence-electron chi connectivity index (χ3n) is 2.95. The average molecular weight is 237 g/mol. The average Bonchev–Trinajstić information content (AvgIpc) is 2.26. The van der Waals surface area contributed by atoms with Gasteiger partial charge in [0.25, 0.3) is 0 Å². The van der Waals surface area contributed by atoms with Crippen LogP contribution in [0.15, 0.2) is 24.4 Å². The van der Waals surface area contributed by atoms with Crippen molar-refractivity contribution in [3.05, 3.63) is 30.0 Å². The summed E-state index contributed by atoms with van der Waals surface area (Å²) >= 11 is 0. The third kappa shape index (κ3) is 2.19. The van der Waals surface area contributed by atoms with Crippen LogP contribution in [0.1, 0.15) is 16.8 Å². The topological polar surface area (TPSA) is 66.3 Å². The number of carbonyl (C=O) groups is 1. The molecule has 18 heavy (non-hydrogen) atoms. The van der Waals surface area contributed by atoms with E-state index in [-0.39, 0.29) is 24.4 Å². The molecule has 1 aliphatic rings. The zero-order chi connectivity index (χ0) is 11.8. The SMILES string of the molecule is O=C(O)c1cnc2nc(N3CCC3)ccc2c1.[LiH]. The van der Waals surface area contributed by atoms with Crippen molar-refractivity contribution >= 4 is 41.7 Å². The van der Waals surface area contributed by atoms with Crippen molar-refractivity contribution < 1.29 is 9.90 Å². The Morgan fingerprint density at radius 1 is 1.33 bits per heavy atom. The molecule has 0 bridgehead atoms. The Balaban J connectivity index is 0.00000120. The summed E-state index contributed by atoms with van der Waals surface area (Å²) < 4.78 is 0. The van der Waals surface area contributed by atoms with Crippen LogP contribution in [0, 0.1) is 0 Å². The Hall–Kier alpha value is -1.57. The molecule has 0 radical (unpaired) electrons. The number of rotatable bonds is 2. The van der Waals surface area contributed by atoms with Crippen LogP contribution in [0.3, 0.4) is 0 Å². The monoisotopic (exact) mass is 237 g/mol. The number of anilines is 1. The van der Waals surface area contributed by atoms with E-state index in [4.69, 9.17) is 5.11 Å². The molecule has 88 valence electrons. The first-order valence-electron chi connectivity index (χ1n) is 5.49. The fourth-order valence-corrected chi connectivity index (χ4v) is 1.84.